The molecule has 0 saturated heterocycles. The number of nitrogens with zero attached hydrogens (tertiary/aromatic N) is 1. The number of rotatable bonds is 2. The Morgan fingerprint density at radius 2 is 1.78 bits per heavy atom. The molecule has 4 nitrogen and oxygen atoms in total. The van der Waals surface area contributed by atoms with Gasteiger partial charge in [-0.15, -0.1) is 0 Å². The highest BCUT2D eigenvalue weighted by molar-refractivity contribution is 6.12. The number of anilines is 1. The van der Waals surface area contributed by atoms with Crippen LogP contribution in [-0.4, -0.2) is 24.4 Å². The molecule has 0 fully saturated rings. The Labute approximate surface area is 107 Å². The molecule has 0 spiro atoms. The summed E-state index contributed by atoms with van der Waals surface area (Å²) in [5, 5.41) is 2.90. The predicted octanol–water partition coefficient (Wildman–Crippen LogP) is 1.95. The third-order valence-electron chi connectivity index (χ3n) is 3.78. The molecule has 96 valence electrons. The first-order valence-corrected chi connectivity index (χ1v) is 6.25. The molecule has 0 atom stereocenters. The Morgan fingerprint density at radius 1 is 1.17 bits per heavy atom. The van der Waals surface area contributed by atoms with Crippen LogP contribution in [0.5, 0.6) is 0 Å². The van der Waals surface area contributed by atoms with Gasteiger partial charge in [0.25, 0.3) is 11.8 Å². The third-order valence-corrected chi connectivity index (χ3v) is 3.78. The van der Waals surface area contributed by atoms with Crippen molar-refractivity contribution >= 4 is 17.5 Å². The summed E-state index contributed by atoms with van der Waals surface area (Å²) in [4.78, 5) is 26.4. The minimum absolute atomic E-state index is 0.0502. The second kappa shape index (κ2) is 4.44. The van der Waals surface area contributed by atoms with E-state index in [1.165, 1.54) is 0 Å². The van der Waals surface area contributed by atoms with Crippen molar-refractivity contribution in [3.05, 3.63) is 29.8 Å². The molecule has 1 aromatic rings. The highest BCUT2D eigenvalue weighted by Crippen LogP contribution is 2.29. The summed E-state index contributed by atoms with van der Waals surface area (Å²) in [6.45, 7) is 3.84. The molecule has 18 heavy (non-hydrogen) atoms. The number of nitrogens with one attached hydrogen (secondary N) is 1. The van der Waals surface area contributed by atoms with Crippen LogP contribution in [0, 0.1) is 0 Å². The Bertz CT molecular complexity index is 492. The standard InChI is InChI=1S/C14H18N2O2/c1-4-14(5-2)13(18)16(3)11-9-7-6-8-10(11)12(17)15-14/h6-9H,4-5H2,1-3H3,(H,15,17). The topological polar surface area (TPSA) is 49.4 Å². The first kappa shape index (κ1) is 12.6. The van der Waals surface area contributed by atoms with Gasteiger partial charge in [-0.1, -0.05) is 26.0 Å². The number of hydrogen-bond acceptors (Lipinski definition) is 2. The molecule has 1 aromatic carbocycles. The van der Waals surface area contributed by atoms with E-state index in [0.29, 0.717) is 24.1 Å². The number of hydrogen-bond donors (Lipinski definition) is 1. The van der Waals surface area contributed by atoms with Crippen LogP contribution in [0.3, 0.4) is 0 Å². The van der Waals surface area contributed by atoms with Crippen LogP contribution in [0.25, 0.3) is 0 Å². The zero-order chi connectivity index (χ0) is 13.3. The number of carbonyl (C=O) groups excluding carboxylic acids is 2. The van der Waals surface area contributed by atoms with E-state index in [-0.39, 0.29) is 11.8 Å². The minimum atomic E-state index is -0.787. The molecule has 1 aliphatic rings. The smallest absolute Gasteiger partial charge is 0.254 e. The summed E-state index contributed by atoms with van der Waals surface area (Å²) in [5.41, 5.74) is 0.436. The Balaban J connectivity index is 2.58. The van der Waals surface area contributed by atoms with Crippen molar-refractivity contribution in [2.45, 2.75) is 32.2 Å². The fraction of sp³-hybridized carbons (Fsp3) is 0.429. The lowest BCUT2D eigenvalue weighted by Gasteiger charge is -2.32. The van der Waals surface area contributed by atoms with Gasteiger partial charge < -0.3 is 10.2 Å². The van der Waals surface area contributed by atoms with Crippen LogP contribution in [0.4, 0.5) is 5.69 Å². The van der Waals surface area contributed by atoms with E-state index in [0.717, 1.165) is 0 Å². The first-order valence-electron chi connectivity index (χ1n) is 6.25. The predicted molar refractivity (Wildman–Crippen MR) is 70.6 cm³/mol. The van der Waals surface area contributed by atoms with Gasteiger partial charge in [0, 0.05) is 7.05 Å². The van der Waals surface area contributed by atoms with Crippen molar-refractivity contribution < 1.29 is 9.59 Å². The third kappa shape index (κ3) is 1.68. The number of benzene rings is 1. The number of likely N-dealkylation sites (N-methyl/N-ethyl adjacent to an activating group) is 1. The van der Waals surface area contributed by atoms with E-state index in [2.05, 4.69) is 5.32 Å². The van der Waals surface area contributed by atoms with E-state index in [9.17, 15) is 9.59 Å². The molecule has 0 aromatic heterocycles. The fourth-order valence-corrected chi connectivity index (χ4v) is 2.46. The van der Waals surface area contributed by atoms with Crippen molar-refractivity contribution in [3.63, 3.8) is 0 Å². The number of fused-ring (bicyclic) bond motifs is 1. The summed E-state index contributed by atoms with van der Waals surface area (Å²) in [7, 11) is 1.72. The lowest BCUT2D eigenvalue weighted by atomic mass is 9.91. The SMILES string of the molecule is CCC1(CC)NC(=O)c2ccccc2N(C)C1=O. The summed E-state index contributed by atoms with van der Waals surface area (Å²) in [5.74, 6) is -0.224. The Kier molecular flexibility index (Phi) is 3.11. The maximum absolute atomic E-state index is 12.5. The first-order chi connectivity index (χ1) is 8.55. The second-order valence-electron chi connectivity index (χ2n) is 4.62. The van der Waals surface area contributed by atoms with Crippen LogP contribution < -0.4 is 10.2 Å². The van der Waals surface area contributed by atoms with Gasteiger partial charge in [0.1, 0.15) is 5.54 Å². The maximum atomic E-state index is 12.5. The molecule has 0 saturated carbocycles. The molecule has 4 heteroatoms. The minimum Gasteiger partial charge on any atom is -0.338 e. The lowest BCUT2D eigenvalue weighted by Crippen LogP contribution is -2.56. The zero-order valence-electron chi connectivity index (χ0n) is 11.0. The van der Waals surface area contributed by atoms with E-state index >= 15 is 0 Å². The average molecular weight is 246 g/mol. The molecule has 0 aliphatic carbocycles. The van der Waals surface area contributed by atoms with Crippen molar-refractivity contribution in [2.24, 2.45) is 0 Å². The van der Waals surface area contributed by atoms with E-state index < -0.39 is 5.54 Å². The van der Waals surface area contributed by atoms with Crippen molar-refractivity contribution in [1.82, 2.24) is 5.32 Å². The molecular formula is C14H18N2O2. The Morgan fingerprint density at radius 3 is 2.39 bits per heavy atom. The Hall–Kier alpha value is -1.84. The van der Waals surface area contributed by atoms with Gasteiger partial charge in [0.05, 0.1) is 11.3 Å². The zero-order valence-corrected chi connectivity index (χ0v) is 11.0. The molecule has 2 amide bonds. The van der Waals surface area contributed by atoms with E-state index in [1.54, 1.807) is 24.1 Å². The van der Waals surface area contributed by atoms with Gasteiger partial charge in [-0.05, 0) is 25.0 Å². The maximum Gasteiger partial charge on any atom is 0.254 e. The molecule has 0 bridgehead atoms. The highest BCUT2D eigenvalue weighted by atomic mass is 16.2. The van der Waals surface area contributed by atoms with Crippen LogP contribution in [0.1, 0.15) is 37.0 Å². The quantitative estimate of drug-likeness (QED) is 0.867. The highest BCUT2D eigenvalue weighted by Gasteiger charge is 2.42. The normalized spacial score (nSPS) is 18.1. The van der Waals surface area contributed by atoms with Crippen LogP contribution in [0.15, 0.2) is 24.3 Å². The number of amides is 2. The number of para-hydroxylation sites is 1. The van der Waals surface area contributed by atoms with Gasteiger partial charge >= 0.3 is 0 Å². The molecule has 0 radical (unpaired) electrons. The van der Waals surface area contributed by atoms with Crippen molar-refractivity contribution in [1.29, 1.82) is 0 Å². The monoisotopic (exact) mass is 246 g/mol. The molecule has 1 N–H and O–H groups in total. The number of carbonyl (C=O) groups is 2. The summed E-state index contributed by atoms with van der Waals surface area (Å²) >= 11 is 0. The summed E-state index contributed by atoms with van der Waals surface area (Å²) in [6.07, 6.45) is 1.18. The van der Waals surface area contributed by atoms with Gasteiger partial charge in [-0.25, -0.2) is 0 Å². The molecule has 0 unspecified atom stereocenters. The summed E-state index contributed by atoms with van der Waals surface area (Å²) in [6, 6.07) is 7.19. The molecular weight excluding hydrogens is 228 g/mol. The fourth-order valence-electron chi connectivity index (χ4n) is 2.46. The van der Waals surface area contributed by atoms with E-state index in [1.807, 2.05) is 26.0 Å². The van der Waals surface area contributed by atoms with Crippen molar-refractivity contribution in [3.8, 4) is 0 Å². The van der Waals surface area contributed by atoms with Crippen LogP contribution >= 0.6 is 0 Å². The van der Waals surface area contributed by atoms with Crippen molar-refractivity contribution in [2.75, 3.05) is 11.9 Å². The largest absolute Gasteiger partial charge is 0.338 e. The van der Waals surface area contributed by atoms with Crippen LogP contribution in [-0.2, 0) is 4.79 Å². The second-order valence-corrected chi connectivity index (χ2v) is 4.62. The van der Waals surface area contributed by atoms with Gasteiger partial charge in [0.2, 0.25) is 0 Å². The van der Waals surface area contributed by atoms with Gasteiger partial charge in [0.15, 0.2) is 0 Å². The van der Waals surface area contributed by atoms with Crippen LogP contribution in [0.2, 0.25) is 0 Å². The molecule has 2 rings (SSSR count). The molecule has 1 aliphatic heterocycles. The van der Waals surface area contributed by atoms with Gasteiger partial charge in [-0.3, -0.25) is 9.59 Å². The average Bonchev–Trinajstić information content (AvgIpc) is 2.49. The lowest BCUT2D eigenvalue weighted by molar-refractivity contribution is -0.124. The molecule has 1 heterocycles. The van der Waals surface area contributed by atoms with E-state index in [4.69, 9.17) is 0 Å². The van der Waals surface area contributed by atoms with Gasteiger partial charge in [-0.2, -0.15) is 0 Å². The summed E-state index contributed by atoms with van der Waals surface area (Å²) < 4.78 is 0.